The van der Waals surface area contributed by atoms with Gasteiger partial charge in [-0.2, -0.15) is 0 Å². The molecule has 1 aromatic rings. The predicted octanol–water partition coefficient (Wildman–Crippen LogP) is 1.36. The minimum Gasteiger partial charge on any atom is -0.397 e. The molecule has 0 saturated heterocycles. The third kappa shape index (κ3) is 1.80. The summed E-state index contributed by atoms with van der Waals surface area (Å²) in [4.78, 5) is 8.05. The highest BCUT2D eigenvalue weighted by molar-refractivity contribution is 6.11. The molecular formula is C10H12N4. The Kier molecular flexibility index (Phi) is 3.01. The second kappa shape index (κ2) is 4.23. The average molecular weight is 188 g/mol. The van der Waals surface area contributed by atoms with Crippen molar-refractivity contribution >= 4 is 17.1 Å². The summed E-state index contributed by atoms with van der Waals surface area (Å²) >= 11 is 0. The topological polar surface area (TPSA) is 77.3 Å². The second-order valence-corrected chi connectivity index (χ2v) is 2.56. The van der Waals surface area contributed by atoms with Crippen molar-refractivity contribution in [3.05, 3.63) is 43.4 Å². The molecule has 0 spiro atoms. The molecule has 0 aliphatic rings. The van der Waals surface area contributed by atoms with Crippen molar-refractivity contribution in [1.29, 1.82) is 0 Å². The van der Waals surface area contributed by atoms with E-state index >= 15 is 0 Å². The van der Waals surface area contributed by atoms with Crippen LogP contribution in [0.15, 0.2) is 42.7 Å². The summed E-state index contributed by atoms with van der Waals surface area (Å²) in [6.45, 7) is 7.10. The maximum absolute atomic E-state index is 5.74. The Morgan fingerprint density at radius 2 is 2.14 bits per heavy atom. The number of hydrogen-bond acceptors (Lipinski definition) is 4. The number of rotatable bonds is 3. The van der Waals surface area contributed by atoms with Crippen molar-refractivity contribution in [2.24, 2.45) is 4.99 Å². The van der Waals surface area contributed by atoms with Gasteiger partial charge in [-0.25, -0.2) is 0 Å². The van der Waals surface area contributed by atoms with Gasteiger partial charge in [0.25, 0.3) is 0 Å². The third-order valence-electron chi connectivity index (χ3n) is 1.69. The highest BCUT2D eigenvalue weighted by atomic mass is 14.8. The third-order valence-corrected chi connectivity index (χ3v) is 1.69. The molecule has 1 rings (SSSR count). The number of nitrogens with zero attached hydrogens (tertiary/aromatic N) is 2. The Bertz CT molecular complexity index is 393. The normalized spacial score (nSPS) is 11.0. The van der Waals surface area contributed by atoms with Crippen molar-refractivity contribution < 1.29 is 0 Å². The summed E-state index contributed by atoms with van der Waals surface area (Å²) in [6, 6.07) is 1.63. The molecule has 14 heavy (non-hydrogen) atoms. The number of aliphatic imine (C=N–C) groups is 1. The van der Waals surface area contributed by atoms with Crippen molar-refractivity contribution in [2.75, 3.05) is 11.5 Å². The zero-order valence-electron chi connectivity index (χ0n) is 7.77. The first-order valence-corrected chi connectivity index (χ1v) is 4.02. The first kappa shape index (κ1) is 9.98. The first-order chi connectivity index (χ1) is 6.70. The number of aromatic nitrogens is 1. The van der Waals surface area contributed by atoms with E-state index in [1.54, 1.807) is 18.3 Å². The van der Waals surface area contributed by atoms with Gasteiger partial charge >= 0.3 is 0 Å². The van der Waals surface area contributed by atoms with Crippen LogP contribution in [0.3, 0.4) is 0 Å². The van der Waals surface area contributed by atoms with Crippen LogP contribution < -0.4 is 11.5 Å². The van der Waals surface area contributed by atoms with Gasteiger partial charge in [0.1, 0.15) is 5.69 Å². The lowest BCUT2D eigenvalue weighted by Crippen LogP contribution is -2.07. The molecule has 4 nitrogen and oxygen atoms in total. The summed E-state index contributed by atoms with van der Waals surface area (Å²) in [5.74, 6) is 0. The number of nitrogens with two attached hydrogens (primary N) is 2. The Balaban J connectivity index is 3.30. The molecule has 0 amide bonds. The molecule has 0 atom stereocenters. The molecule has 0 bridgehead atoms. The van der Waals surface area contributed by atoms with Crippen LogP contribution in [0.2, 0.25) is 0 Å². The molecule has 0 unspecified atom stereocenters. The number of allylic oxidation sites excluding steroid dienone is 1. The lowest BCUT2D eigenvalue weighted by Gasteiger charge is -2.05. The molecule has 0 aliphatic carbocycles. The Morgan fingerprint density at radius 1 is 1.43 bits per heavy atom. The summed E-state index contributed by atoms with van der Waals surface area (Å²) in [6.07, 6.45) is 4.53. The molecule has 0 aromatic carbocycles. The molecule has 0 fully saturated rings. The van der Waals surface area contributed by atoms with Gasteiger partial charge < -0.3 is 11.5 Å². The highest BCUT2D eigenvalue weighted by Gasteiger charge is 2.07. The summed E-state index contributed by atoms with van der Waals surface area (Å²) < 4.78 is 0. The predicted molar refractivity (Wildman–Crippen MR) is 60.0 cm³/mol. The zero-order chi connectivity index (χ0) is 10.6. The molecule has 0 radical (unpaired) electrons. The van der Waals surface area contributed by atoms with Gasteiger partial charge in [0.2, 0.25) is 0 Å². The van der Waals surface area contributed by atoms with Gasteiger partial charge in [-0.3, -0.25) is 9.98 Å². The molecule has 1 aromatic heterocycles. The van der Waals surface area contributed by atoms with E-state index in [0.29, 0.717) is 22.8 Å². The van der Waals surface area contributed by atoms with Gasteiger partial charge in [0.15, 0.2) is 0 Å². The van der Waals surface area contributed by atoms with Crippen LogP contribution in [0.25, 0.3) is 0 Å². The van der Waals surface area contributed by atoms with Crippen LogP contribution in [-0.4, -0.2) is 10.7 Å². The van der Waals surface area contributed by atoms with E-state index in [0.717, 1.165) is 0 Å². The zero-order valence-corrected chi connectivity index (χ0v) is 7.77. The summed E-state index contributed by atoms with van der Waals surface area (Å²) in [5.41, 5.74) is 13.3. The largest absolute Gasteiger partial charge is 0.397 e. The molecule has 1 heterocycles. The smallest absolute Gasteiger partial charge is 0.114 e. The van der Waals surface area contributed by atoms with E-state index in [4.69, 9.17) is 11.5 Å². The maximum Gasteiger partial charge on any atom is 0.114 e. The van der Waals surface area contributed by atoms with Gasteiger partial charge in [0.05, 0.1) is 17.1 Å². The Morgan fingerprint density at radius 3 is 2.71 bits per heavy atom. The fourth-order valence-electron chi connectivity index (χ4n) is 1.00. The molecule has 4 heteroatoms. The number of nitrogen functional groups attached to an aromatic ring is 2. The fraction of sp³-hybridized carbons (Fsp3) is 0. The van der Waals surface area contributed by atoms with Crippen molar-refractivity contribution in [3.63, 3.8) is 0 Å². The van der Waals surface area contributed by atoms with Crippen LogP contribution in [0.5, 0.6) is 0 Å². The van der Waals surface area contributed by atoms with Crippen molar-refractivity contribution in [1.82, 2.24) is 4.98 Å². The van der Waals surface area contributed by atoms with E-state index in [1.165, 1.54) is 6.20 Å². The monoisotopic (exact) mass is 188 g/mol. The SMILES string of the molecule is C=CN=C(C=C)c1nccc(N)c1N. The summed E-state index contributed by atoms with van der Waals surface area (Å²) in [7, 11) is 0. The van der Waals surface area contributed by atoms with Gasteiger partial charge in [0, 0.05) is 12.4 Å². The Labute approximate surface area is 82.7 Å². The first-order valence-electron chi connectivity index (χ1n) is 4.02. The van der Waals surface area contributed by atoms with Crippen LogP contribution in [0.4, 0.5) is 11.4 Å². The number of hydrogen-bond donors (Lipinski definition) is 2. The quantitative estimate of drug-likeness (QED) is 0.703. The maximum atomic E-state index is 5.74. The summed E-state index contributed by atoms with van der Waals surface area (Å²) in [5, 5.41) is 0. The van der Waals surface area contributed by atoms with Crippen LogP contribution in [0, 0.1) is 0 Å². The number of anilines is 2. The molecule has 0 saturated carbocycles. The molecule has 72 valence electrons. The molecule has 4 N–H and O–H groups in total. The lowest BCUT2D eigenvalue weighted by atomic mass is 10.2. The molecular weight excluding hydrogens is 176 g/mol. The van der Waals surface area contributed by atoms with Crippen LogP contribution in [-0.2, 0) is 0 Å². The van der Waals surface area contributed by atoms with Crippen molar-refractivity contribution in [3.8, 4) is 0 Å². The van der Waals surface area contributed by atoms with Crippen molar-refractivity contribution in [2.45, 2.75) is 0 Å². The van der Waals surface area contributed by atoms with Gasteiger partial charge in [-0.05, 0) is 12.1 Å². The van der Waals surface area contributed by atoms with Gasteiger partial charge in [-0.1, -0.05) is 13.2 Å². The standard InChI is InChI=1S/C10H12N4/c1-3-8(13-4-2)10-9(12)7(11)5-6-14-10/h3-6H,1-2,12H2,(H2,11,14). The van der Waals surface area contributed by atoms with E-state index in [1.807, 2.05) is 0 Å². The number of pyridine rings is 1. The van der Waals surface area contributed by atoms with E-state index in [9.17, 15) is 0 Å². The van der Waals surface area contributed by atoms with E-state index in [2.05, 4.69) is 23.1 Å². The minimum atomic E-state index is 0.410. The van der Waals surface area contributed by atoms with Crippen LogP contribution >= 0.6 is 0 Å². The second-order valence-electron chi connectivity index (χ2n) is 2.56. The fourth-order valence-corrected chi connectivity index (χ4v) is 1.00. The van der Waals surface area contributed by atoms with Crippen LogP contribution in [0.1, 0.15) is 5.69 Å². The lowest BCUT2D eigenvalue weighted by molar-refractivity contribution is 1.29. The van der Waals surface area contributed by atoms with E-state index in [-0.39, 0.29) is 0 Å². The van der Waals surface area contributed by atoms with E-state index < -0.39 is 0 Å². The van der Waals surface area contributed by atoms with Gasteiger partial charge in [-0.15, -0.1) is 0 Å². The average Bonchev–Trinajstić information content (AvgIpc) is 2.19. The Hall–Kier alpha value is -2.10. The minimum absolute atomic E-state index is 0.410. The molecule has 0 aliphatic heterocycles. The highest BCUT2D eigenvalue weighted by Crippen LogP contribution is 2.17.